The van der Waals surface area contributed by atoms with Gasteiger partial charge in [-0.3, -0.25) is 0 Å². The standard InChI is InChI=1S/C12H18S/c1-11(2)7-6-10-13-12-8-4-3-5-9-12/h3-5,8-9,11H,6-7,10H2,1-2H3. The Morgan fingerprint density at radius 1 is 1.15 bits per heavy atom. The second kappa shape index (κ2) is 6.09. The van der Waals surface area contributed by atoms with Crippen molar-refractivity contribution >= 4 is 11.8 Å². The molecule has 0 aliphatic rings. The molecule has 0 unspecified atom stereocenters. The molecule has 0 aliphatic carbocycles. The van der Waals surface area contributed by atoms with Gasteiger partial charge < -0.3 is 0 Å². The van der Waals surface area contributed by atoms with Crippen LogP contribution < -0.4 is 0 Å². The molecule has 1 aromatic rings. The first-order chi connectivity index (χ1) is 6.29. The van der Waals surface area contributed by atoms with Gasteiger partial charge in [0.05, 0.1) is 0 Å². The van der Waals surface area contributed by atoms with E-state index in [1.165, 1.54) is 23.5 Å². The largest absolute Gasteiger partial charge is 0.126 e. The number of rotatable bonds is 5. The van der Waals surface area contributed by atoms with Crippen molar-refractivity contribution in [1.29, 1.82) is 0 Å². The summed E-state index contributed by atoms with van der Waals surface area (Å²) in [7, 11) is 0. The summed E-state index contributed by atoms with van der Waals surface area (Å²) >= 11 is 1.96. The number of benzene rings is 1. The Kier molecular flexibility index (Phi) is 4.99. The third kappa shape index (κ3) is 4.99. The molecule has 0 bridgehead atoms. The van der Waals surface area contributed by atoms with Crippen molar-refractivity contribution in [2.45, 2.75) is 31.6 Å². The van der Waals surface area contributed by atoms with Gasteiger partial charge in [0.2, 0.25) is 0 Å². The van der Waals surface area contributed by atoms with Crippen LogP contribution in [0.15, 0.2) is 35.2 Å². The van der Waals surface area contributed by atoms with Gasteiger partial charge in [-0.05, 0) is 30.2 Å². The quantitative estimate of drug-likeness (QED) is 0.499. The zero-order chi connectivity index (χ0) is 9.52. The summed E-state index contributed by atoms with van der Waals surface area (Å²) in [6.07, 6.45) is 2.68. The van der Waals surface area contributed by atoms with Gasteiger partial charge in [-0.25, -0.2) is 0 Å². The fraction of sp³-hybridized carbons (Fsp3) is 0.500. The van der Waals surface area contributed by atoms with Crippen molar-refractivity contribution < 1.29 is 0 Å². The van der Waals surface area contributed by atoms with Gasteiger partial charge in [-0.2, -0.15) is 0 Å². The zero-order valence-corrected chi connectivity index (χ0v) is 9.31. The van der Waals surface area contributed by atoms with Crippen LogP contribution in [0.4, 0.5) is 0 Å². The Hall–Kier alpha value is -0.430. The minimum atomic E-state index is 0.844. The van der Waals surface area contributed by atoms with Crippen LogP contribution in [-0.2, 0) is 0 Å². The van der Waals surface area contributed by atoms with Crippen LogP contribution in [-0.4, -0.2) is 5.75 Å². The van der Waals surface area contributed by atoms with Gasteiger partial charge in [0.1, 0.15) is 0 Å². The highest BCUT2D eigenvalue weighted by Crippen LogP contribution is 2.19. The highest BCUT2D eigenvalue weighted by Gasteiger charge is 1.95. The second-order valence-corrected chi connectivity index (χ2v) is 4.87. The molecule has 0 N–H and O–H groups in total. The summed E-state index contributed by atoms with van der Waals surface area (Å²) in [5.74, 6) is 2.10. The Labute approximate surface area is 85.7 Å². The molecule has 0 spiro atoms. The van der Waals surface area contributed by atoms with Gasteiger partial charge in [0, 0.05) is 4.90 Å². The Balaban J connectivity index is 2.13. The lowest BCUT2D eigenvalue weighted by Gasteiger charge is -2.03. The maximum Gasteiger partial charge on any atom is 0.00719 e. The normalized spacial score (nSPS) is 10.7. The molecule has 72 valence electrons. The summed E-state index contributed by atoms with van der Waals surface area (Å²) < 4.78 is 0. The Bertz CT molecular complexity index is 216. The summed E-state index contributed by atoms with van der Waals surface area (Å²) in [5.41, 5.74) is 0. The van der Waals surface area contributed by atoms with Gasteiger partial charge in [0.25, 0.3) is 0 Å². The van der Waals surface area contributed by atoms with Crippen molar-refractivity contribution in [1.82, 2.24) is 0 Å². The van der Waals surface area contributed by atoms with Crippen LogP contribution in [0.1, 0.15) is 26.7 Å². The van der Waals surface area contributed by atoms with Crippen molar-refractivity contribution in [3.05, 3.63) is 30.3 Å². The average molecular weight is 194 g/mol. The molecule has 0 heterocycles. The molecule has 0 aliphatic heterocycles. The van der Waals surface area contributed by atoms with E-state index in [9.17, 15) is 0 Å². The van der Waals surface area contributed by atoms with Crippen LogP contribution in [0.3, 0.4) is 0 Å². The van der Waals surface area contributed by atoms with Crippen LogP contribution in [0.2, 0.25) is 0 Å². The molecule has 1 heteroatoms. The number of thioether (sulfide) groups is 1. The first-order valence-corrected chi connectivity index (χ1v) is 5.95. The summed E-state index contributed by atoms with van der Waals surface area (Å²) in [6.45, 7) is 4.57. The lowest BCUT2D eigenvalue weighted by molar-refractivity contribution is 0.579. The first kappa shape index (κ1) is 10.6. The van der Waals surface area contributed by atoms with Crippen molar-refractivity contribution in [2.24, 2.45) is 5.92 Å². The van der Waals surface area contributed by atoms with Gasteiger partial charge in [-0.1, -0.05) is 38.5 Å². The molecule has 1 aromatic carbocycles. The topological polar surface area (TPSA) is 0 Å². The molecule has 0 fully saturated rings. The molecule has 0 saturated carbocycles. The van der Waals surface area contributed by atoms with E-state index < -0.39 is 0 Å². The van der Waals surface area contributed by atoms with E-state index in [2.05, 4.69) is 44.2 Å². The molecular formula is C12H18S. The first-order valence-electron chi connectivity index (χ1n) is 4.97. The maximum atomic E-state index is 2.28. The number of hydrogen-bond donors (Lipinski definition) is 0. The van der Waals surface area contributed by atoms with Crippen LogP contribution >= 0.6 is 11.8 Å². The van der Waals surface area contributed by atoms with Crippen molar-refractivity contribution in [3.8, 4) is 0 Å². The van der Waals surface area contributed by atoms with E-state index in [-0.39, 0.29) is 0 Å². The molecular weight excluding hydrogens is 176 g/mol. The van der Waals surface area contributed by atoms with E-state index in [4.69, 9.17) is 0 Å². The summed E-state index contributed by atoms with van der Waals surface area (Å²) in [6, 6.07) is 10.6. The van der Waals surface area contributed by atoms with Crippen molar-refractivity contribution in [2.75, 3.05) is 5.75 Å². The third-order valence-electron chi connectivity index (χ3n) is 1.94. The average Bonchev–Trinajstić information content (AvgIpc) is 2.14. The second-order valence-electron chi connectivity index (χ2n) is 3.70. The summed E-state index contributed by atoms with van der Waals surface area (Å²) in [5, 5.41) is 0. The van der Waals surface area contributed by atoms with E-state index in [0.717, 1.165) is 5.92 Å². The van der Waals surface area contributed by atoms with Gasteiger partial charge in [0.15, 0.2) is 0 Å². The van der Waals surface area contributed by atoms with Crippen LogP contribution in [0.5, 0.6) is 0 Å². The smallest absolute Gasteiger partial charge is 0.00719 e. The fourth-order valence-electron chi connectivity index (χ4n) is 1.20. The molecule has 0 atom stereocenters. The van der Waals surface area contributed by atoms with Crippen LogP contribution in [0.25, 0.3) is 0 Å². The maximum absolute atomic E-state index is 2.28. The lowest BCUT2D eigenvalue weighted by atomic mass is 10.1. The molecule has 0 radical (unpaired) electrons. The minimum absolute atomic E-state index is 0.844. The molecule has 0 saturated heterocycles. The molecule has 0 aromatic heterocycles. The van der Waals surface area contributed by atoms with E-state index >= 15 is 0 Å². The molecule has 1 rings (SSSR count). The van der Waals surface area contributed by atoms with Gasteiger partial charge >= 0.3 is 0 Å². The lowest BCUT2D eigenvalue weighted by Crippen LogP contribution is -1.88. The van der Waals surface area contributed by atoms with Gasteiger partial charge in [-0.15, -0.1) is 11.8 Å². The van der Waals surface area contributed by atoms with Crippen LogP contribution in [0, 0.1) is 5.92 Å². The monoisotopic (exact) mass is 194 g/mol. The minimum Gasteiger partial charge on any atom is -0.126 e. The Morgan fingerprint density at radius 3 is 2.46 bits per heavy atom. The Morgan fingerprint density at radius 2 is 1.85 bits per heavy atom. The van der Waals surface area contributed by atoms with Crippen molar-refractivity contribution in [3.63, 3.8) is 0 Å². The predicted octanol–water partition coefficient (Wildman–Crippen LogP) is 4.21. The summed E-state index contributed by atoms with van der Waals surface area (Å²) in [4.78, 5) is 1.39. The molecule has 0 nitrogen and oxygen atoms in total. The molecule has 13 heavy (non-hydrogen) atoms. The van der Waals surface area contributed by atoms with E-state index in [1.807, 2.05) is 11.8 Å². The highest BCUT2D eigenvalue weighted by molar-refractivity contribution is 7.99. The number of hydrogen-bond acceptors (Lipinski definition) is 1. The third-order valence-corrected chi connectivity index (χ3v) is 3.04. The van der Waals surface area contributed by atoms with E-state index in [0.29, 0.717) is 0 Å². The zero-order valence-electron chi connectivity index (χ0n) is 8.49. The molecule has 0 amide bonds. The fourth-order valence-corrected chi connectivity index (χ4v) is 2.09. The predicted molar refractivity (Wildman–Crippen MR) is 61.2 cm³/mol. The SMILES string of the molecule is CC(C)CCCSc1ccccc1. The van der Waals surface area contributed by atoms with E-state index in [1.54, 1.807) is 0 Å². The highest BCUT2D eigenvalue weighted by atomic mass is 32.2.